The molecule has 0 spiro atoms. The van der Waals surface area contributed by atoms with E-state index >= 15 is 0 Å². The Morgan fingerprint density at radius 3 is 2.59 bits per heavy atom. The Kier molecular flexibility index (Phi) is 4.90. The number of fused-ring (bicyclic) bond motifs is 1. The van der Waals surface area contributed by atoms with Crippen molar-refractivity contribution in [2.75, 3.05) is 6.61 Å². The zero-order valence-electron chi connectivity index (χ0n) is 19.0. The largest absolute Gasteiger partial charge is 0.420 e. The van der Waals surface area contributed by atoms with Crippen LogP contribution in [-0.4, -0.2) is 37.5 Å². The second kappa shape index (κ2) is 7.75. The zero-order chi connectivity index (χ0) is 23.6. The Hall–Kier alpha value is -3.03. The van der Waals surface area contributed by atoms with Crippen LogP contribution in [0.3, 0.4) is 0 Å². The van der Waals surface area contributed by atoms with Crippen LogP contribution in [0.4, 0.5) is 13.2 Å². The molecule has 1 saturated heterocycles. The van der Waals surface area contributed by atoms with Gasteiger partial charge in [-0.1, -0.05) is 0 Å². The van der Waals surface area contributed by atoms with E-state index in [1.54, 1.807) is 0 Å². The maximum atomic E-state index is 13.1. The Morgan fingerprint density at radius 2 is 1.85 bits per heavy atom. The minimum atomic E-state index is -4.37. The van der Waals surface area contributed by atoms with E-state index in [-0.39, 0.29) is 18.4 Å². The molecule has 34 heavy (non-hydrogen) atoms. The highest BCUT2D eigenvalue weighted by atomic mass is 19.4. The van der Waals surface area contributed by atoms with Gasteiger partial charge in [0.1, 0.15) is 11.2 Å². The number of hydrogen-bond donors (Lipinski definition) is 0. The summed E-state index contributed by atoms with van der Waals surface area (Å²) in [4.78, 5) is 14.2. The Bertz CT molecular complexity index is 1360. The molecule has 3 aromatic rings. The maximum absolute atomic E-state index is 13.1. The number of halogens is 3. The van der Waals surface area contributed by atoms with Gasteiger partial charge >= 0.3 is 6.18 Å². The molecule has 0 radical (unpaired) electrons. The summed E-state index contributed by atoms with van der Waals surface area (Å²) < 4.78 is 47.3. The molecule has 4 heterocycles. The minimum absolute atomic E-state index is 0.0855. The van der Waals surface area contributed by atoms with Crippen LogP contribution in [0.2, 0.25) is 0 Å². The monoisotopic (exact) mass is 467 g/mol. The van der Waals surface area contributed by atoms with Crippen LogP contribution in [0.1, 0.15) is 78.5 Å². The molecule has 0 bridgehead atoms. The molecule has 0 aromatic carbocycles. The average Bonchev–Trinajstić information content (AvgIpc) is 3.49. The smallest absolute Gasteiger partial charge is 0.373 e. The van der Waals surface area contributed by atoms with Crippen LogP contribution >= 0.6 is 0 Å². The van der Waals surface area contributed by atoms with Crippen molar-refractivity contribution in [2.45, 2.75) is 70.2 Å². The molecule has 0 amide bonds. The molecule has 6 rings (SSSR count). The number of aromatic nitrogens is 5. The second-order valence-electron chi connectivity index (χ2n) is 9.48. The van der Waals surface area contributed by atoms with Crippen molar-refractivity contribution in [2.24, 2.45) is 0 Å². The van der Waals surface area contributed by atoms with Crippen molar-refractivity contribution in [3.8, 4) is 0 Å². The topological polar surface area (TPSA) is 65.7 Å². The fourth-order valence-electron chi connectivity index (χ4n) is 4.68. The third kappa shape index (κ3) is 3.83. The van der Waals surface area contributed by atoms with E-state index in [0.29, 0.717) is 34.9 Å². The van der Waals surface area contributed by atoms with Gasteiger partial charge < -0.3 is 4.74 Å². The summed E-state index contributed by atoms with van der Waals surface area (Å²) in [6, 6.07) is 2.44. The quantitative estimate of drug-likeness (QED) is 0.462. The Labute approximate surface area is 194 Å². The number of alkyl halides is 3. The molecule has 1 aliphatic heterocycles. The lowest BCUT2D eigenvalue weighted by Crippen LogP contribution is -2.20. The fourth-order valence-corrected chi connectivity index (χ4v) is 4.68. The zero-order valence-corrected chi connectivity index (χ0v) is 19.0. The molecule has 1 saturated carbocycles. The van der Waals surface area contributed by atoms with Gasteiger partial charge in [0.15, 0.2) is 0 Å². The van der Waals surface area contributed by atoms with E-state index in [4.69, 9.17) is 9.72 Å². The van der Waals surface area contributed by atoms with Crippen molar-refractivity contribution >= 4 is 16.6 Å². The second-order valence-corrected chi connectivity index (χ2v) is 9.48. The van der Waals surface area contributed by atoms with Crippen LogP contribution < -0.4 is 0 Å². The Balaban J connectivity index is 1.38. The fraction of sp³-hybridized carbons (Fsp3) is 0.480. The highest BCUT2D eigenvalue weighted by Gasteiger charge is 2.39. The number of nitrogens with zero attached hydrogens (tertiary/aromatic N) is 5. The normalized spacial score (nSPS) is 23.0. The lowest BCUT2D eigenvalue weighted by atomic mass is 9.88. The van der Waals surface area contributed by atoms with Crippen molar-refractivity contribution in [3.05, 3.63) is 58.1 Å². The number of pyridine rings is 1. The average molecular weight is 467 g/mol. The van der Waals surface area contributed by atoms with Crippen molar-refractivity contribution < 1.29 is 17.9 Å². The lowest BCUT2D eigenvalue weighted by molar-refractivity contribution is -0.0934. The van der Waals surface area contributed by atoms with Crippen LogP contribution in [0.25, 0.3) is 16.6 Å². The first kappa shape index (κ1) is 21.5. The molecule has 2 atom stereocenters. The summed E-state index contributed by atoms with van der Waals surface area (Å²) in [7, 11) is 0. The first-order chi connectivity index (χ1) is 16.3. The van der Waals surface area contributed by atoms with E-state index < -0.39 is 11.7 Å². The van der Waals surface area contributed by atoms with E-state index in [1.807, 2.05) is 30.8 Å². The third-order valence-electron chi connectivity index (χ3n) is 6.98. The first-order valence-corrected chi connectivity index (χ1v) is 11.6. The highest BCUT2D eigenvalue weighted by molar-refractivity contribution is 5.89. The van der Waals surface area contributed by atoms with Gasteiger partial charge in [0.2, 0.25) is 0 Å². The molecule has 2 fully saturated rings. The summed E-state index contributed by atoms with van der Waals surface area (Å²) in [5.41, 5.74) is 7.32. The summed E-state index contributed by atoms with van der Waals surface area (Å²) in [5.74, 6) is 0.0985. The SMILES string of the molecule is Cc1nc2cc([C@@H]3CCO[C@H](c4cnn(C5CC5)c4)C3)nc(C3=C=C(C(F)(F)F)C3)c2nc1C. The van der Waals surface area contributed by atoms with Crippen LogP contribution in [-0.2, 0) is 4.74 Å². The van der Waals surface area contributed by atoms with E-state index in [2.05, 4.69) is 27.0 Å². The van der Waals surface area contributed by atoms with Crippen LogP contribution in [0.5, 0.6) is 0 Å². The molecule has 3 aromatic heterocycles. The predicted molar refractivity (Wildman–Crippen MR) is 119 cm³/mol. The first-order valence-electron chi connectivity index (χ1n) is 11.6. The third-order valence-corrected chi connectivity index (χ3v) is 6.98. The van der Waals surface area contributed by atoms with E-state index in [1.165, 1.54) is 12.8 Å². The van der Waals surface area contributed by atoms with Crippen molar-refractivity contribution in [1.82, 2.24) is 24.7 Å². The predicted octanol–water partition coefficient (Wildman–Crippen LogP) is 5.68. The van der Waals surface area contributed by atoms with Gasteiger partial charge in [-0.3, -0.25) is 4.68 Å². The van der Waals surface area contributed by atoms with Crippen molar-refractivity contribution in [1.29, 1.82) is 0 Å². The lowest BCUT2D eigenvalue weighted by Gasteiger charge is -2.29. The van der Waals surface area contributed by atoms with Gasteiger partial charge in [-0.25, -0.2) is 15.0 Å². The van der Waals surface area contributed by atoms with Crippen LogP contribution in [0, 0.1) is 13.8 Å². The van der Waals surface area contributed by atoms with Gasteiger partial charge in [0.25, 0.3) is 0 Å². The Morgan fingerprint density at radius 1 is 1.09 bits per heavy atom. The molecule has 2 aliphatic carbocycles. The number of allylic oxidation sites excluding steroid dienone is 1. The van der Waals surface area contributed by atoms with Crippen LogP contribution in [0.15, 0.2) is 29.8 Å². The van der Waals surface area contributed by atoms with Gasteiger partial charge in [-0.15, -0.1) is 5.73 Å². The highest BCUT2D eigenvalue weighted by Crippen LogP contribution is 2.43. The maximum Gasteiger partial charge on any atom is 0.420 e. The molecule has 0 unspecified atom stereocenters. The van der Waals surface area contributed by atoms with Gasteiger partial charge in [-0.05, 0) is 45.6 Å². The van der Waals surface area contributed by atoms with Gasteiger partial charge in [-0.2, -0.15) is 18.3 Å². The molecular formula is C25H24F3N5O. The van der Waals surface area contributed by atoms with Gasteiger partial charge in [0, 0.05) is 42.0 Å². The summed E-state index contributed by atoms with van der Waals surface area (Å²) in [6.45, 7) is 4.31. The number of aryl methyl sites for hydroxylation is 2. The number of hydrogen-bond acceptors (Lipinski definition) is 5. The summed E-state index contributed by atoms with van der Waals surface area (Å²) in [6.07, 6.45) is 3.14. The molecule has 3 aliphatic rings. The number of ether oxygens (including phenoxy) is 1. The van der Waals surface area contributed by atoms with E-state index in [0.717, 1.165) is 35.5 Å². The molecular weight excluding hydrogens is 443 g/mol. The number of rotatable bonds is 4. The molecule has 176 valence electrons. The summed E-state index contributed by atoms with van der Waals surface area (Å²) >= 11 is 0. The minimum Gasteiger partial charge on any atom is -0.373 e. The summed E-state index contributed by atoms with van der Waals surface area (Å²) in [5, 5.41) is 4.49. The molecule has 0 N–H and O–H groups in total. The standard InChI is InChI=1S/C25H24F3N5O/c1-13-14(2)31-24-21(30-13)10-20(32-23(24)16-7-18(8-16)25(26,27)28)15-5-6-34-22(9-15)17-11-29-33(12-17)19-3-4-19/h10-12,15,19,22H,3-7,9H2,1-2H3/t15-,22+/m1/s1. The molecule has 9 heteroatoms. The molecule has 6 nitrogen and oxygen atoms in total. The van der Waals surface area contributed by atoms with E-state index in [9.17, 15) is 13.2 Å². The van der Waals surface area contributed by atoms with Crippen molar-refractivity contribution in [3.63, 3.8) is 0 Å². The van der Waals surface area contributed by atoms with Gasteiger partial charge in [0.05, 0.1) is 40.8 Å².